The highest BCUT2D eigenvalue weighted by atomic mass is 79.9. The summed E-state index contributed by atoms with van der Waals surface area (Å²) in [7, 11) is 0. The van der Waals surface area contributed by atoms with Gasteiger partial charge in [-0.15, -0.1) is 18.3 Å². The number of amides is 2. The van der Waals surface area contributed by atoms with Crippen molar-refractivity contribution in [2.45, 2.75) is 53.6 Å². The van der Waals surface area contributed by atoms with Crippen LogP contribution in [0.3, 0.4) is 0 Å². The van der Waals surface area contributed by atoms with Crippen LogP contribution in [0.2, 0.25) is 0 Å². The zero-order valence-electron chi connectivity index (χ0n) is 21.1. The zero-order chi connectivity index (χ0) is 26.2. The van der Waals surface area contributed by atoms with Crippen molar-refractivity contribution in [1.82, 2.24) is 14.7 Å². The number of carboxylic acid groups (broad SMARTS) is 1. The smallest absolute Gasteiger partial charge is 0.308 e. The first-order valence-corrected chi connectivity index (χ1v) is 14.7. The third kappa shape index (κ3) is 4.63. The standard InChI is InChI=1S/C25H38BrN3O6S/c1-4-6-28(8-7-27-9-11-35-12-10-27)23(32)21-25-13-16(26)20(36-25)18(24(33)34)19(25)22(31)29(21)17(14-30)15(3)5-2/h4,15-21,30H,1,5-14H2,2-3H3,(H,33,34)/t15-,16?,17-,18+,19-,20+,21?,25?/m0/s1. The van der Waals surface area contributed by atoms with Gasteiger partial charge in [-0.3, -0.25) is 19.3 Å². The maximum atomic E-state index is 14.4. The fraction of sp³-hybridized carbons (Fsp3) is 0.800. The van der Waals surface area contributed by atoms with Gasteiger partial charge in [-0.25, -0.2) is 0 Å². The number of aliphatic hydroxyl groups excluding tert-OH is 1. The topological polar surface area (TPSA) is 111 Å². The average molecular weight is 589 g/mol. The molecule has 2 N–H and O–H groups in total. The summed E-state index contributed by atoms with van der Waals surface area (Å²) in [6.45, 7) is 12.0. The molecule has 11 heteroatoms. The molecule has 0 radical (unpaired) electrons. The highest BCUT2D eigenvalue weighted by molar-refractivity contribution is 9.09. The van der Waals surface area contributed by atoms with Gasteiger partial charge in [0, 0.05) is 42.8 Å². The Kier molecular flexibility index (Phi) is 8.76. The lowest BCUT2D eigenvalue weighted by Gasteiger charge is -2.41. The number of halogens is 1. The molecule has 4 rings (SSSR count). The normalized spacial score (nSPS) is 35.5. The monoisotopic (exact) mass is 587 g/mol. The minimum atomic E-state index is -0.996. The number of hydrogen-bond donors (Lipinski definition) is 2. The van der Waals surface area contributed by atoms with Crippen molar-refractivity contribution in [1.29, 1.82) is 0 Å². The van der Waals surface area contributed by atoms with E-state index in [1.807, 2.05) is 13.8 Å². The lowest BCUT2D eigenvalue weighted by Crippen LogP contribution is -2.59. The van der Waals surface area contributed by atoms with Crippen molar-refractivity contribution in [3.8, 4) is 0 Å². The van der Waals surface area contributed by atoms with Crippen LogP contribution in [0.25, 0.3) is 0 Å². The molecule has 4 heterocycles. The quantitative estimate of drug-likeness (QED) is 0.275. The van der Waals surface area contributed by atoms with E-state index in [2.05, 4.69) is 27.4 Å². The third-order valence-electron chi connectivity index (χ3n) is 8.54. The van der Waals surface area contributed by atoms with E-state index < -0.39 is 34.6 Å². The Balaban J connectivity index is 1.71. The number of fused-ring (bicyclic) bond motifs is 1. The molecule has 1 spiro atoms. The van der Waals surface area contributed by atoms with Gasteiger partial charge >= 0.3 is 5.97 Å². The SMILES string of the molecule is C=CCN(CCN1CCOCC1)C(=O)C1N([C@@H](CO)[C@@H](C)CC)C(=O)[C@@H]2[C@@H](C(=O)O)[C@@H]3SC12CC3Br. The highest BCUT2D eigenvalue weighted by Crippen LogP contribution is 2.68. The maximum absolute atomic E-state index is 14.4. The predicted molar refractivity (Wildman–Crippen MR) is 141 cm³/mol. The van der Waals surface area contributed by atoms with E-state index in [1.54, 1.807) is 15.9 Å². The van der Waals surface area contributed by atoms with Gasteiger partial charge in [0.2, 0.25) is 11.8 Å². The highest BCUT2D eigenvalue weighted by Gasteiger charge is 2.76. The average Bonchev–Trinajstić information content (AvgIpc) is 3.46. The summed E-state index contributed by atoms with van der Waals surface area (Å²) in [5, 5.41) is 20.2. The van der Waals surface area contributed by atoms with Crippen LogP contribution in [0.15, 0.2) is 12.7 Å². The van der Waals surface area contributed by atoms with Gasteiger partial charge in [0.25, 0.3) is 0 Å². The van der Waals surface area contributed by atoms with Crippen LogP contribution in [-0.2, 0) is 19.1 Å². The number of aliphatic carboxylic acids is 1. The zero-order valence-corrected chi connectivity index (χ0v) is 23.5. The number of nitrogens with zero attached hydrogens (tertiary/aromatic N) is 3. The summed E-state index contributed by atoms with van der Waals surface area (Å²) in [6, 6.07) is -1.38. The van der Waals surface area contributed by atoms with E-state index in [0.29, 0.717) is 39.3 Å². The van der Waals surface area contributed by atoms with Crippen LogP contribution >= 0.6 is 27.7 Å². The first-order chi connectivity index (χ1) is 17.2. The fourth-order valence-corrected chi connectivity index (χ4v) is 10.1. The first-order valence-electron chi connectivity index (χ1n) is 12.9. The minimum absolute atomic E-state index is 0.0454. The van der Waals surface area contributed by atoms with Crippen molar-refractivity contribution < 1.29 is 29.3 Å². The summed E-state index contributed by atoms with van der Waals surface area (Å²) in [5.74, 6) is -3.17. The van der Waals surface area contributed by atoms with Crippen molar-refractivity contribution in [3.63, 3.8) is 0 Å². The lowest BCUT2D eigenvalue weighted by molar-refractivity contribution is -0.150. The van der Waals surface area contributed by atoms with Crippen molar-refractivity contribution >= 4 is 45.5 Å². The van der Waals surface area contributed by atoms with Crippen LogP contribution in [0.5, 0.6) is 0 Å². The number of carboxylic acids is 1. The Morgan fingerprint density at radius 2 is 2.08 bits per heavy atom. The van der Waals surface area contributed by atoms with E-state index in [4.69, 9.17) is 4.74 Å². The Morgan fingerprint density at radius 1 is 1.39 bits per heavy atom. The third-order valence-corrected chi connectivity index (χ3v) is 11.8. The van der Waals surface area contributed by atoms with Gasteiger partial charge in [-0.1, -0.05) is 42.3 Å². The van der Waals surface area contributed by atoms with E-state index in [-0.39, 0.29) is 34.4 Å². The molecule has 9 nitrogen and oxygen atoms in total. The van der Waals surface area contributed by atoms with Gasteiger partial charge in [-0.2, -0.15) is 0 Å². The van der Waals surface area contributed by atoms with E-state index in [0.717, 1.165) is 19.5 Å². The van der Waals surface area contributed by atoms with Crippen molar-refractivity contribution in [2.75, 3.05) is 52.5 Å². The Labute approximate surface area is 225 Å². The Morgan fingerprint density at radius 3 is 2.67 bits per heavy atom. The summed E-state index contributed by atoms with van der Waals surface area (Å²) in [6.07, 6.45) is 2.96. The lowest BCUT2D eigenvalue weighted by atomic mass is 9.71. The van der Waals surface area contributed by atoms with Gasteiger partial charge < -0.3 is 24.7 Å². The maximum Gasteiger partial charge on any atom is 0.308 e. The molecular formula is C25H38BrN3O6S. The second-order valence-electron chi connectivity index (χ2n) is 10.4. The molecule has 202 valence electrons. The number of carbonyl (C=O) groups is 3. The second-order valence-corrected chi connectivity index (χ2v) is 13.1. The largest absolute Gasteiger partial charge is 0.481 e. The van der Waals surface area contributed by atoms with E-state index in [9.17, 15) is 24.6 Å². The number of aliphatic hydroxyl groups is 1. The molecule has 0 saturated carbocycles. The molecule has 4 aliphatic heterocycles. The molecular weight excluding hydrogens is 550 g/mol. The molecule has 4 fully saturated rings. The number of likely N-dealkylation sites (tertiary alicyclic amines) is 1. The van der Waals surface area contributed by atoms with Crippen molar-refractivity contribution in [3.05, 3.63) is 12.7 Å². The molecule has 3 unspecified atom stereocenters. The summed E-state index contributed by atoms with van der Waals surface area (Å²) in [4.78, 5) is 46.3. The van der Waals surface area contributed by atoms with Crippen molar-refractivity contribution in [2.24, 2.45) is 17.8 Å². The fourth-order valence-electron chi connectivity index (χ4n) is 6.51. The van der Waals surface area contributed by atoms with Crippen LogP contribution in [-0.4, -0.2) is 122 Å². The number of hydrogen-bond acceptors (Lipinski definition) is 7. The summed E-state index contributed by atoms with van der Waals surface area (Å²) < 4.78 is 4.60. The molecule has 2 amide bonds. The number of ether oxygens (including phenoxy) is 1. The molecule has 0 aromatic heterocycles. The van der Waals surface area contributed by atoms with Gasteiger partial charge in [0.05, 0.1) is 42.4 Å². The second kappa shape index (κ2) is 11.3. The van der Waals surface area contributed by atoms with Gasteiger partial charge in [-0.05, 0) is 12.3 Å². The number of carbonyl (C=O) groups excluding carboxylic acids is 2. The first kappa shape index (κ1) is 27.9. The van der Waals surface area contributed by atoms with E-state index in [1.165, 1.54) is 11.8 Å². The predicted octanol–water partition coefficient (Wildman–Crippen LogP) is 1.29. The van der Waals surface area contributed by atoms with Crippen LogP contribution in [0.1, 0.15) is 26.7 Å². The molecule has 0 aliphatic carbocycles. The molecule has 0 aromatic carbocycles. The Bertz CT molecular complexity index is 873. The van der Waals surface area contributed by atoms with E-state index >= 15 is 0 Å². The van der Waals surface area contributed by atoms with Crippen LogP contribution < -0.4 is 0 Å². The molecule has 8 atom stereocenters. The summed E-state index contributed by atoms with van der Waals surface area (Å²) >= 11 is 5.17. The number of rotatable bonds is 11. The molecule has 0 aromatic rings. The van der Waals surface area contributed by atoms with Crippen LogP contribution in [0.4, 0.5) is 0 Å². The Hall–Kier alpha value is -1.14. The molecule has 4 aliphatic rings. The van der Waals surface area contributed by atoms with Gasteiger partial charge in [0.1, 0.15) is 6.04 Å². The number of thioether (sulfide) groups is 1. The number of alkyl halides is 1. The molecule has 4 saturated heterocycles. The summed E-state index contributed by atoms with van der Waals surface area (Å²) in [5.41, 5.74) is 0. The molecule has 36 heavy (non-hydrogen) atoms. The van der Waals surface area contributed by atoms with Crippen LogP contribution in [0, 0.1) is 17.8 Å². The minimum Gasteiger partial charge on any atom is -0.481 e. The molecule has 2 bridgehead atoms. The number of morpholine rings is 1. The van der Waals surface area contributed by atoms with Gasteiger partial charge in [0.15, 0.2) is 0 Å².